The zero-order valence-electron chi connectivity index (χ0n) is 15.9. The van der Waals surface area contributed by atoms with Crippen LogP contribution in [0, 0.1) is 18.3 Å². The van der Waals surface area contributed by atoms with Gasteiger partial charge in [0.2, 0.25) is 0 Å². The molecule has 0 bridgehead atoms. The van der Waals surface area contributed by atoms with E-state index < -0.39 is 0 Å². The van der Waals surface area contributed by atoms with E-state index in [9.17, 15) is 4.79 Å². The minimum absolute atomic E-state index is 0.175. The van der Waals surface area contributed by atoms with Crippen LogP contribution in [0.1, 0.15) is 22.5 Å². The van der Waals surface area contributed by atoms with Crippen LogP contribution in [0.3, 0.4) is 0 Å². The number of aryl methyl sites for hydroxylation is 1. The molecule has 27 heavy (non-hydrogen) atoms. The summed E-state index contributed by atoms with van der Waals surface area (Å²) in [4.78, 5) is 17.1. The molecule has 3 rings (SSSR count). The summed E-state index contributed by atoms with van der Waals surface area (Å²) >= 11 is 0. The SMILES string of the molecule is COc1ccc2oc(C(=O)N(CCC#N)CCN3CCOCC3)c(C)c2c1. The summed E-state index contributed by atoms with van der Waals surface area (Å²) in [6, 6.07) is 7.62. The molecule has 0 radical (unpaired) electrons. The number of ether oxygens (including phenoxy) is 2. The summed E-state index contributed by atoms with van der Waals surface area (Å²) in [5, 5.41) is 9.83. The van der Waals surface area contributed by atoms with Gasteiger partial charge in [0.1, 0.15) is 11.3 Å². The highest BCUT2D eigenvalue weighted by atomic mass is 16.5. The predicted molar refractivity (Wildman–Crippen MR) is 101 cm³/mol. The molecule has 2 heterocycles. The van der Waals surface area contributed by atoms with E-state index in [1.54, 1.807) is 12.0 Å². The molecule has 1 aliphatic rings. The smallest absolute Gasteiger partial charge is 0.289 e. The van der Waals surface area contributed by atoms with Crippen LogP contribution >= 0.6 is 0 Å². The van der Waals surface area contributed by atoms with E-state index in [0.717, 1.165) is 49.5 Å². The third kappa shape index (κ3) is 4.41. The van der Waals surface area contributed by atoms with E-state index in [1.165, 1.54) is 0 Å². The number of methoxy groups -OCH3 is 1. The van der Waals surface area contributed by atoms with Crippen molar-refractivity contribution in [2.45, 2.75) is 13.3 Å². The van der Waals surface area contributed by atoms with Crippen LogP contribution in [0.5, 0.6) is 5.75 Å². The Balaban J connectivity index is 1.79. The fraction of sp³-hybridized carbons (Fsp3) is 0.500. The standard InChI is InChI=1S/C20H25N3O4/c1-15-17-14-16(25-2)4-5-18(17)27-19(15)20(24)23(7-3-6-21)9-8-22-10-12-26-13-11-22/h4-5,14H,3,7-13H2,1-2H3. The van der Waals surface area contributed by atoms with Crippen LogP contribution in [-0.2, 0) is 4.74 Å². The topological polar surface area (TPSA) is 78.9 Å². The second-order valence-electron chi connectivity index (χ2n) is 6.57. The lowest BCUT2D eigenvalue weighted by molar-refractivity contribution is 0.0322. The Morgan fingerprint density at radius 2 is 2.11 bits per heavy atom. The Morgan fingerprint density at radius 1 is 1.33 bits per heavy atom. The van der Waals surface area contributed by atoms with Crippen molar-refractivity contribution in [1.82, 2.24) is 9.80 Å². The predicted octanol–water partition coefficient (Wildman–Crippen LogP) is 2.44. The van der Waals surface area contributed by atoms with E-state index in [-0.39, 0.29) is 5.91 Å². The van der Waals surface area contributed by atoms with Gasteiger partial charge >= 0.3 is 0 Å². The third-order valence-corrected chi connectivity index (χ3v) is 4.91. The molecular formula is C20H25N3O4. The van der Waals surface area contributed by atoms with Crippen molar-refractivity contribution < 1.29 is 18.7 Å². The quantitative estimate of drug-likeness (QED) is 0.744. The van der Waals surface area contributed by atoms with Gasteiger partial charge in [0.25, 0.3) is 5.91 Å². The largest absolute Gasteiger partial charge is 0.497 e. The average molecular weight is 371 g/mol. The zero-order chi connectivity index (χ0) is 19.2. The number of fused-ring (bicyclic) bond motifs is 1. The number of nitrogens with zero attached hydrogens (tertiary/aromatic N) is 3. The average Bonchev–Trinajstić information content (AvgIpc) is 3.04. The number of carbonyl (C=O) groups is 1. The minimum Gasteiger partial charge on any atom is -0.497 e. The Morgan fingerprint density at radius 3 is 2.81 bits per heavy atom. The van der Waals surface area contributed by atoms with Gasteiger partial charge in [-0.25, -0.2) is 0 Å². The molecule has 0 N–H and O–H groups in total. The maximum Gasteiger partial charge on any atom is 0.289 e. The van der Waals surface area contributed by atoms with Gasteiger partial charge in [-0.15, -0.1) is 0 Å². The van der Waals surface area contributed by atoms with Gasteiger partial charge in [-0.2, -0.15) is 5.26 Å². The number of hydrogen-bond donors (Lipinski definition) is 0. The fourth-order valence-corrected chi connectivity index (χ4v) is 3.26. The van der Waals surface area contributed by atoms with E-state index >= 15 is 0 Å². The highest BCUT2D eigenvalue weighted by Gasteiger charge is 2.24. The van der Waals surface area contributed by atoms with Crippen molar-refractivity contribution in [3.63, 3.8) is 0 Å². The van der Waals surface area contributed by atoms with E-state index in [2.05, 4.69) is 11.0 Å². The molecule has 1 aromatic carbocycles. The number of hydrogen-bond acceptors (Lipinski definition) is 6. The number of carbonyl (C=O) groups excluding carboxylic acids is 1. The molecule has 0 aliphatic carbocycles. The molecule has 0 unspecified atom stereocenters. The van der Waals surface area contributed by atoms with Gasteiger partial charge < -0.3 is 18.8 Å². The van der Waals surface area contributed by atoms with Crippen molar-refractivity contribution in [2.24, 2.45) is 0 Å². The first kappa shape index (κ1) is 19.2. The van der Waals surface area contributed by atoms with Crippen molar-refractivity contribution in [1.29, 1.82) is 5.26 Å². The van der Waals surface area contributed by atoms with Crippen molar-refractivity contribution >= 4 is 16.9 Å². The van der Waals surface area contributed by atoms with Gasteiger partial charge in [0, 0.05) is 43.7 Å². The summed E-state index contributed by atoms with van der Waals surface area (Å²) in [5.74, 6) is 0.878. The lowest BCUT2D eigenvalue weighted by Gasteiger charge is -2.29. The zero-order valence-corrected chi connectivity index (χ0v) is 15.9. The lowest BCUT2D eigenvalue weighted by atomic mass is 10.1. The number of rotatable bonds is 7. The molecule has 0 atom stereocenters. The van der Waals surface area contributed by atoms with Crippen LogP contribution in [0.25, 0.3) is 11.0 Å². The van der Waals surface area contributed by atoms with Crippen LogP contribution < -0.4 is 4.74 Å². The van der Waals surface area contributed by atoms with Gasteiger partial charge in [0.15, 0.2) is 5.76 Å². The van der Waals surface area contributed by atoms with Gasteiger partial charge in [-0.3, -0.25) is 9.69 Å². The first-order valence-electron chi connectivity index (χ1n) is 9.17. The molecule has 0 spiro atoms. The maximum atomic E-state index is 13.1. The number of morpholine rings is 1. The molecule has 0 saturated carbocycles. The first-order valence-corrected chi connectivity index (χ1v) is 9.17. The monoisotopic (exact) mass is 371 g/mol. The molecule has 7 heteroatoms. The molecule has 1 aliphatic heterocycles. The van der Waals surface area contributed by atoms with Crippen LogP contribution in [0.2, 0.25) is 0 Å². The van der Waals surface area contributed by atoms with Crippen molar-refractivity contribution in [2.75, 3.05) is 53.0 Å². The second kappa shape index (κ2) is 8.89. The Bertz CT molecular complexity index is 834. The Labute approximate surface area is 159 Å². The molecule has 1 amide bonds. The van der Waals surface area contributed by atoms with Gasteiger partial charge in [-0.05, 0) is 25.1 Å². The van der Waals surface area contributed by atoms with Crippen molar-refractivity contribution in [3.05, 3.63) is 29.5 Å². The summed E-state index contributed by atoms with van der Waals surface area (Å²) in [6.07, 6.45) is 0.294. The summed E-state index contributed by atoms with van der Waals surface area (Å²) < 4.78 is 16.5. The van der Waals surface area contributed by atoms with Crippen LogP contribution in [0.4, 0.5) is 0 Å². The highest BCUT2D eigenvalue weighted by molar-refractivity contribution is 5.99. The van der Waals surface area contributed by atoms with Crippen molar-refractivity contribution in [3.8, 4) is 11.8 Å². The van der Waals surface area contributed by atoms with Crippen LogP contribution in [-0.4, -0.2) is 68.8 Å². The van der Waals surface area contributed by atoms with Gasteiger partial charge in [-0.1, -0.05) is 0 Å². The maximum absolute atomic E-state index is 13.1. The first-order chi connectivity index (χ1) is 13.1. The molecule has 1 fully saturated rings. The number of amides is 1. The molecule has 1 aromatic heterocycles. The number of benzene rings is 1. The fourth-order valence-electron chi connectivity index (χ4n) is 3.26. The Hall–Kier alpha value is -2.56. The minimum atomic E-state index is -0.175. The summed E-state index contributed by atoms with van der Waals surface area (Å²) in [6.45, 7) is 6.75. The second-order valence-corrected chi connectivity index (χ2v) is 6.57. The molecule has 2 aromatic rings. The van der Waals surface area contributed by atoms with E-state index in [0.29, 0.717) is 30.9 Å². The summed E-state index contributed by atoms with van der Waals surface area (Å²) in [5.41, 5.74) is 1.45. The summed E-state index contributed by atoms with van der Waals surface area (Å²) in [7, 11) is 1.61. The van der Waals surface area contributed by atoms with Gasteiger partial charge in [0.05, 0.1) is 32.8 Å². The van der Waals surface area contributed by atoms with E-state index in [1.807, 2.05) is 25.1 Å². The van der Waals surface area contributed by atoms with E-state index in [4.69, 9.17) is 19.2 Å². The Kier molecular flexibility index (Phi) is 6.32. The normalized spacial score (nSPS) is 14.9. The third-order valence-electron chi connectivity index (χ3n) is 4.91. The van der Waals surface area contributed by atoms with Crippen LogP contribution in [0.15, 0.2) is 22.6 Å². The molecule has 1 saturated heterocycles. The molecule has 144 valence electrons. The number of nitriles is 1. The lowest BCUT2D eigenvalue weighted by Crippen LogP contribution is -2.43. The molecule has 7 nitrogen and oxygen atoms in total. The molecular weight excluding hydrogens is 346 g/mol. The number of furan rings is 1. The highest BCUT2D eigenvalue weighted by Crippen LogP contribution is 2.29.